The number of sulfonamides is 1. The molecule has 1 aliphatic heterocycles. The van der Waals surface area contributed by atoms with Crippen LogP contribution in [0.1, 0.15) is 37.3 Å². The summed E-state index contributed by atoms with van der Waals surface area (Å²) in [6.45, 7) is 3.36. The van der Waals surface area contributed by atoms with Gasteiger partial charge in [0.1, 0.15) is 0 Å². The van der Waals surface area contributed by atoms with Crippen LogP contribution < -0.4 is 4.72 Å². The molecule has 7 heteroatoms. The zero-order valence-corrected chi connectivity index (χ0v) is 15.4. The summed E-state index contributed by atoms with van der Waals surface area (Å²) in [6, 6.07) is 7.67. The van der Waals surface area contributed by atoms with E-state index in [0.717, 1.165) is 44.3 Å². The van der Waals surface area contributed by atoms with Crippen LogP contribution in [-0.2, 0) is 14.8 Å². The van der Waals surface area contributed by atoms with Gasteiger partial charge >= 0.3 is 0 Å². The summed E-state index contributed by atoms with van der Waals surface area (Å²) in [5.74, 6) is 0. The molecular weight excluding hydrogens is 348 g/mol. The van der Waals surface area contributed by atoms with Gasteiger partial charge in [-0.05, 0) is 30.5 Å². The van der Waals surface area contributed by atoms with Gasteiger partial charge in [-0.15, -0.1) is 0 Å². The Morgan fingerprint density at radius 2 is 1.79 bits per heavy atom. The van der Waals surface area contributed by atoms with Gasteiger partial charge in [0.15, 0.2) is 0 Å². The molecule has 1 N–H and O–H groups in total. The topological polar surface area (TPSA) is 58.6 Å². The molecule has 0 amide bonds. The Kier molecular flexibility index (Phi) is 6.16. The maximum atomic E-state index is 12.5. The molecule has 2 fully saturated rings. The molecule has 1 aliphatic carbocycles. The highest BCUT2D eigenvalue weighted by Crippen LogP contribution is 2.26. The number of ether oxygens (including phenoxy) is 1. The molecule has 1 aromatic carbocycles. The van der Waals surface area contributed by atoms with Crippen LogP contribution in [0, 0.1) is 0 Å². The van der Waals surface area contributed by atoms with Crippen LogP contribution in [0.2, 0.25) is 5.02 Å². The molecule has 1 heterocycles. The van der Waals surface area contributed by atoms with Gasteiger partial charge in [0.25, 0.3) is 0 Å². The number of nitrogens with one attached hydrogen (secondary N) is 1. The second kappa shape index (κ2) is 8.15. The number of rotatable bonds is 6. The lowest BCUT2D eigenvalue weighted by molar-refractivity contribution is 0.0172. The van der Waals surface area contributed by atoms with Crippen molar-refractivity contribution >= 4 is 21.6 Å². The lowest BCUT2D eigenvalue weighted by Gasteiger charge is -2.35. The van der Waals surface area contributed by atoms with Gasteiger partial charge in [0.05, 0.1) is 18.5 Å². The van der Waals surface area contributed by atoms with E-state index in [-0.39, 0.29) is 11.3 Å². The van der Waals surface area contributed by atoms with E-state index in [1.54, 1.807) is 0 Å². The van der Waals surface area contributed by atoms with Crippen molar-refractivity contribution in [3.8, 4) is 0 Å². The first-order chi connectivity index (χ1) is 11.6. The molecule has 3 rings (SSSR count). The van der Waals surface area contributed by atoms with Gasteiger partial charge in [-0.1, -0.05) is 36.6 Å². The van der Waals surface area contributed by atoms with Crippen molar-refractivity contribution in [3.05, 3.63) is 34.9 Å². The fourth-order valence-electron chi connectivity index (χ4n) is 3.54. The Bertz CT molecular complexity index is 624. The summed E-state index contributed by atoms with van der Waals surface area (Å²) in [7, 11) is -3.24. The highest BCUT2D eigenvalue weighted by molar-refractivity contribution is 7.90. The summed E-state index contributed by atoms with van der Waals surface area (Å²) in [4.78, 5) is 2.28. The Balaban J connectivity index is 1.73. The second-order valence-corrected chi connectivity index (χ2v) is 9.00. The minimum absolute atomic E-state index is 0.00217. The van der Waals surface area contributed by atoms with E-state index >= 15 is 0 Å². The van der Waals surface area contributed by atoms with E-state index in [2.05, 4.69) is 9.62 Å². The number of hydrogen-bond donors (Lipinski definition) is 1. The average molecular weight is 373 g/mol. The molecule has 0 radical (unpaired) electrons. The van der Waals surface area contributed by atoms with Crippen molar-refractivity contribution in [1.29, 1.82) is 0 Å². The molecule has 2 aliphatic rings. The summed E-state index contributed by atoms with van der Waals surface area (Å²) in [5, 5.41) is 0.457. The van der Waals surface area contributed by atoms with E-state index in [0.29, 0.717) is 24.8 Å². The van der Waals surface area contributed by atoms with Gasteiger partial charge < -0.3 is 4.74 Å². The van der Waals surface area contributed by atoms with Crippen molar-refractivity contribution in [2.24, 2.45) is 0 Å². The quantitative estimate of drug-likeness (QED) is 0.833. The molecule has 1 saturated heterocycles. The van der Waals surface area contributed by atoms with Gasteiger partial charge in [0.2, 0.25) is 10.0 Å². The lowest BCUT2D eigenvalue weighted by atomic mass is 10.1. The number of morpholine rings is 1. The van der Waals surface area contributed by atoms with Gasteiger partial charge in [0, 0.05) is 30.7 Å². The van der Waals surface area contributed by atoms with E-state index in [9.17, 15) is 8.42 Å². The highest BCUT2D eigenvalue weighted by Gasteiger charge is 2.30. The molecule has 134 valence electrons. The van der Waals surface area contributed by atoms with Gasteiger partial charge in [-0.2, -0.15) is 0 Å². The van der Waals surface area contributed by atoms with Crippen LogP contribution >= 0.6 is 11.6 Å². The Morgan fingerprint density at radius 3 is 2.42 bits per heavy atom. The Hall–Kier alpha value is -0.660. The van der Waals surface area contributed by atoms with Gasteiger partial charge in [-0.3, -0.25) is 4.90 Å². The summed E-state index contributed by atoms with van der Waals surface area (Å²) in [5.41, 5.74) is 1.08. The van der Waals surface area contributed by atoms with Crippen LogP contribution in [-0.4, -0.2) is 51.4 Å². The number of nitrogens with zero attached hydrogens (tertiary/aromatic N) is 1. The average Bonchev–Trinajstić information content (AvgIpc) is 3.13. The summed E-state index contributed by atoms with van der Waals surface area (Å²) < 4.78 is 33.4. The number of benzene rings is 1. The lowest BCUT2D eigenvalue weighted by Crippen LogP contribution is -2.45. The minimum Gasteiger partial charge on any atom is -0.379 e. The molecular formula is C17H25ClN2O3S. The zero-order valence-electron chi connectivity index (χ0n) is 13.8. The van der Waals surface area contributed by atoms with Gasteiger partial charge in [-0.25, -0.2) is 13.1 Å². The monoisotopic (exact) mass is 372 g/mol. The first-order valence-corrected chi connectivity index (χ1v) is 10.5. The van der Waals surface area contributed by atoms with Crippen LogP contribution in [0.5, 0.6) is 0 Å². The molecule has 0 bridgehead atoms. The molecule has 0 aromatic heterocycles. The molecule has 24 heavy (non-hydrogen) atoms. The number of halogens is 1. The van der Waals surface area contributed by atoms with Crippen LogP contribution in [0.25, 0.3) is 0 Å². The third-order valence-corrected chi connectivity index (χ3v) is 7.13. The largest absolute Gasteiger partial charge is 0.379 e. The highest BCUT2D eigenvalue weighted by atomic mass is 35.5. The molecule has 1 atom stereocenters. The molecule has 1 saturated carbocycles. The van der Waals surface area contributed by atoms with E-state index in [1.807, 2.05) is 24.3 Å². The van der Waals surface area contributed by atoms with Crippen molar-refractivity contribution < 1.29 is 13.2 Å². The third kappa shape index (κ3) is 4.49. The SMILES string of the molecule is O=S(=O)(NCC(c1ccc(Cl)cc1)N1CCOCC1)C1CCCC1. The molecule has 1 unspecified atom stereocenters. The van der Waals surface area contributed by atoms with Crippen LogP contribution in [0.15, 0.2) is 24.3 Å². The van der Waals surface area contributed by atoms with Crippen molar-refractivity contribution in [2.45, 2.75) is 37.0 Å². The summed E-state index contributed by atoms with van der Waals surface area (Å²) in [6.07, 6.45) is 3.57. The van der Waals surface area contributed by atoms with Crippen molar-refractivity contribution in [2.75, 3.05) is 32.8 Å². The molecule has 1 aromatic rings. The Morgan fingerprint density at radius 1 is 1.17 bits per heavy atom. The van der Waals surface area contributed by atoms with Crippen molar-refractivity contribution in [3.63, 3.8) is 0 Å². The maximum absolute atomic E-state index is 12.5. The smallest absolute Gasteiger partial charge is 0.214 e. The van der Waals surface area contributed by atoms with E-state index < -0.39 is 10.0 Å². The standard InChI is InChI=1S/C17H25ClN2O3S/c18-15-7-5-14(6-8-15)17(20-9-11-23-12-10-20)13-19-24(21,22)16-3-1-2-4-16/h5-8,16-17,19H,1-4,9-13H2. The predicted octanol–water partition coefficient (Wildman–Crippen LogP) is 2.58. The van der Waals surface area contributed by atoms with Crippen molar-refractivity contribution in [1.82, 2.24) is 9.62 Å². The minimum atomic E-state index is -3.24. The first-order valence-electron chi connectivity index (χ1n) is 8.62. The third-order valence-electron chi connectivity index (χ3n) is 4.96. The molecule has 5 nitrogen and oxygen atoms in total. The fraction of sp³-hybridized carbons (Fsp3) is 0.647. The predicted molar refractivity (Wildman–Crippen MR) is 95.8 cm³/mol. The van der Waals surface area contributed by atoms with E-state index in [4.69, 9.17) is 16.3 Å². The maximum Gasteiger partial charge on any atom is 0.214 e. The van der Waals surface area contributed by atoms with Crippen LogP contribution in [0.4, 0.5) is 0 Å². The molecule has 0 spiro atoms. The van der Waals surface area contributed by atoms with E-state index in [1.165, 1.54) is 0 Å². The first kappa shape index (κ1) is 18.1. The zero-order chi connectivity index (χ0) is 17.0. The summed E-state index contributed by atoms with van der Waals surface area (Å²) >= 11 is 5.99. The second-order valence-electron chi connectivity index (χ2n) is 6.52. The normalized spacial score (nSPS) is 21.9. The van der Waals surface area contributed by atoms with Crippen LogP contribution in [0.3, 0.4) is 0 Å². The number of hydrogen-bond acceptors (Lipinski definition) is 4. The Labute approximate surface area is 149 Å². The fourth-order valence-corrected chi connectivity index (χ4v) is 5.25.